The molecule has 2 heterocycles. The second-order valence-electron chi connectivity index (χ2n) is 8.57. The van der Waals surface area contributed by atoms with Crippen molar-refractivity contribution in [3.8, 4) is 11.5 Å². The molecule has 6 nitrogen and oxygen atoms in total. The lowest BCUT2D eigenvalue weighted by molar-refractivity contribution is -0.131. The zero-order chi connectivity index (χ0) is 23.3. The fraction of sp³-hybridized carbons (Fsp3) is 0.269. The predicted molar refractivity (Wildman–Crippen MR) is 132 cm³/mol. The van der Waals surface area contributed by atoms with Crippen molar-refractivity contribution in [3.05, 3.63) is 70.6 Å². The number of halogens is 1. The number of aromatic amines is 1. The van der Waals surface area contributed by atoms with Gasteiger partial charge in [-0.15, -0.1) is 11.6 Å². The number of nitrogens with zero attached hydrogens (tertiary/aromatic N) is 1. The molecule has 1 aliphatic carbocycles. The second kappa shape index (κ2) is 8.06. The molecule has 3 aromatic rings. The number of quaternary nitrogens is 1. The number of rotatable bonds is 5. The summed E-state index contributed by atoms with van der Waals surface area (Å²) >= 11 is 6.40. The van der Waals surface area contributed by atoms with Gasteiger partial charge in [0.05, 0.1) is 19.6 Å². The zero-order valence-electron chi connectivity index (χ0n) is 18.6. The number of hydrogen-bond donors (Lipinski definition) is 1. The van der Waals surface area contributed by atoms with E-state index in [0.29, 0.717) is 23.0 Å². The number of benzene rings is 2. The first kappa shape index (κ1) is 21.8. The number of carbonyl (C=O) groups excluding carboxylic acids is 1. The average Bonchev–Trinajstić information content (AvgIpc) is 3.37. The van der Waals surface area contributed by atoms with Crippen molar-refractivity contribution in [2.75, 3.05) is 19.5 Å². The number of hydrogen-bond acceptors (Lipinski definition) is 4. The molecule has 0 saturated carbocycles. The molecule has 0 bridgehead atoms. The maximum absolute atomic E-state index is 14.6. The monoisotopic (exact) mass is 464 g/mol. The Morgan fingerprint density at radius 1 is 1.33 bits per heavy atom. The van der Waals surface area contributed by atoms with Crippen LogP contribution in [0.2, 0.25) is 0 Å². The number of nitrogens with one attached hydrogen (secondary N) is 1. The third-order valence-corrected chi connectivity index (χ3v) is 6.99. The van der Waals surface area contributed by atoms with Crippen molar-refractivity contribution in [1.29, 1.82) is 0 Å². The number of H-pyrrole nitrogens is 1. The SMILES string of the molecule is C=CC1=Cc2cc([N+]3([O-])C[C@@H](CCl)c4c3cc(OC(C)=O)c3cccc(OC)c43)[nH]c2CC1. The van der Waals surface area contributed by atoms with Crippen molar-refractivity contribution in [1.82, 2.24) is 9.63 Å². The highest BCUT2D eigenvalue weighted by Crippen LogP contribution is 2.54. The van der Waals surface area contributed by atoms with Crippen molar-refractivity contribution in [3.63, 3.8) is 0 Å². The van der Waals surface area contributed by atoms with Gasteiger partial charge in [-0.3, -0.25) is 9.44 Å². The zero-order valence-corrected chi connectivity index (χ0v) is 19.4. The number of ether oxygens (including phenoxy) is 2. The van der Waals surface area contributed by atoms with Gasteiger partial charge in [0.25, 0.3) is 0 Å². The van der Waals surface area contributed by atoms with E-state index in [2.05, 4.69) is 17.6 Å². The molecule has 2 aromatic carbocycles. The summed E-state index contributed by atoms with van der Waals surface area (Å²) in [7, 11) is 1.59. The Kier molecular flexibility index (Phi) is 5.32. The Balaban J connectivity index is 1.78. The first-order valence-corrected chi connectivity index (χ1v) is 11.5. The second-order valence-corrected chi connectivity index (χ2v) is 8.88. The summed E-state index contributed by atoms with van der Waals surface area (Å²) < 4.78 is 10.5. The van der Waals surface area contributed by atoms with E-state index in [1.807, 2.05) is 30.3 Å². The molecule has 0 radical (unpaired) electrons. The highest BCUT2D eigenvalue weighted by atomic mass is 35.5. The van der Waals surface area contributed by atoms with E-state index in [4.69, 9.17) is 21.1 Å². The van der Waals surface area contributed by atoms with E-state index in [-0.39, 0.29) is 18.3 Å². The molecule has 1 aromatic heterocycles. The van der Waals surface area contributed by atoms with E-state index in [1.165, 1.54) is 6.92 Å². The number of aryl methyl sites for hydroxylation is 1. The standard InChI is InChI=1S/C26H25ClN2O4/c1-4-16-8-9-20-17(10-16)11-24(28-20)29(31)14-18(13-27)25-21(29)12-23(33-15(2)30)19-6-5-7-22(32-3)26(19)25/h4-7,10-12,18,28H,1,8-9,13-14H2,2-3H3/t18-,29?/m1/s1. The number of methoxy groups -OCH3 is 1. The van der Waals surface area contributed by atoms with Crippen LogP contribution in [-0.2, 0) is 11.2 Å². The van der Waals surface area contributed by atoms with Crippen molar-refractivity contribution >= 4 is 45.9 Å². The Labute approximate surface area is 197 Å². The van der Waals surface area contributed by atoms with Crippen LogP contribution in [0.25, 0.3) is 16.8 Å². The summed E-state index contributed by atoms with van der Waals surface area (Å²) in [6, 6.07) is 9.17. The fourth-order valence-corrected chi connectivity index (χ4v) is 5.38. The highest BCUT2D eigenvalue weighted by molar-refractivity contribution is 6.19. The van der Waals surface area contributed by atoms with Crippen molar-refractivity contribution in [2.24, 2.45) is 0 Å². The lowest BCUT2D eigenvalue weighted by atomic mass is 9.94. The molecule has 2 atom stereocenters. The minimum Gasteiger partial charge on any atom is -0.621 e. The molecular weight excluding hydrogens is 440 g/mol. The van der Waals surface area contributed by atoms with Crippen molar-refractivity contribution in [2.45, 2.75) is 25.7 Å². The van der Waals surface area contributed by atoms with Crippen LogP contribution >= 0.6 is 11.6 Å². The minimum atomic E-state index is -0.709. The van der Waals surface area contributed by atoms with Crippen molar-refractivity contribution < 1.29 is 14.3 Å². The number of aromatic nitrogens is 1. The van der Waals surface area contributed by atoms with Crippen LogP contribution in [0.5, 0.6) is 11.5 Å². The normalized spacial score (nSPS) is 21.3. The van der Waals surface area contributed by atoms with E-state index in [1.54, 1.807) is 13.2 Å². The summed E-state index contributed by atoms with van der Waals surface area (Å²) in [4.78, 5) is 15.3. The van der Waals surface area contributed by atoms with Gasteiger partial charge < -0.3 is 19.7 Å². The third-order valence-electron chi connectivity index (χ3n) is 6.62. The van der Waals surface area contributed by atoms with Crippen LogP contribution in [0.4, 0.5) is 11.5 Å². The van der Waals surface area contributed by atoms with Gasteiger partial charge in [-0.1, -0.05) is 24.8 Å². The molecule has 2 aliphatic rings. The Hall–Kier alpha value is -3.06. The highest BCUT2D eigenvalue weighted by Gasteiger charge is 2.44. The third kappa shape index (κ3) is 3.37. The van der Waals surface area contributed by atoms with E-state index < -0.39 is 10.6 Å². The summed E-state index contributed by atoms with van der Waals surface area (Å²) in [5, 5.41) is 16.1. The molecule has 0 amide bonds. The fourth-order valence-electron chi connectivity index (χ4n) is 5.13. The van der Waals surface area contributed by atoms with Crippen LogP contribution in [0.3, 0.4) is 0 Å². The van der Waals surface area contributed by atoms with E-state index in [0.717, 1.165) is 46.0 Å². The smallest absolute Gasteiger partial charge is 0.308 e. The number of allylic oxidation sites excluding steroid dienone is 2. The van der Waals surface area contributed by atoms with Crippen LogP contribution in [0.1, 0.15) is 36.1 Å². The Bertz CT molecular complexity index is 1330. The van der Waals surface area contributed by atoms with Gasteiger partial charge in [-0.2, -0.15) is 0 Å². The molecule has 33 heavy (non-hydrogen) atoms. The van der Waals surface area contributed by atoms with Gasteiger partial charge >= 0.3 is 5.97 Å². The molecule has 170 valence electrons. The summed E-state index contributed by atoms with van der Waals surface area (Å²) in [5.74, 6) is 1.14. The molecule has 1 N–H and O–H groups in total. The van der Waals surface area contributed by atoms with Gasteiger partial charge in [0, 0.05) is 52.5 Å². The van der Waals surface area contributed by atoms with Gasteiger partial charge in [0.1, 0.15) is 17.2 Å². The first-order chi connectivity index (χ1) is 15.9. The molecule has 7 heteroatoms. The number of alkyl halides is 1. The predicted octanol–water partition coefficient (Wildman–Crippen LogP) is 6.09. The minimum absolute atomic E-state index is 0.191. The van der Waals surface area contributed by atoms with E-state index >= 15 is 0 Å². The first-order valence-electron chi connectivity index (χ1n) is 10.9. The van der Waals surface area contributed by atoms with Crippen LogP contribution in [0, 0.1) is 5.21 Å². The van der Waals surface area contributed by atoms with Gasteiger partial charge in [-0.25, -0.2) is 0 Å². The molecule has 1 unspecified atom stereocenters. The number of esters is 1. The average molecular weight is 465 g/mol. The van der Waals surface area contributed by atoms with E-state index in [9.17, 15) is 10.0 Å². The number of hydroxylamine groups is 1. The maximum Gasteiger partial charge on any atom is 0.308 e. The van der Waals surface area contributed by atoms with Gasteiger partial charge in [0.2, 0.25) is 5.82 Å². The van der Waals surface area contributed by atoms with Gasteiger partial charge in [0.15, 0.2) is 0 Å². The molecule has 5 rings (SSSR count). The number of fused-ring (bicyclic) bond motifs is 4. The summed E-state index contributed by atoms with van der Waals surface area (Å²) in [5.41, 5.74) is 4.56. The Morgan fingerprint density at radius 2 is 2.15 bits per heavy atom. The molecular formula is C26H25ClN2O4. The lowest BCUT2D eigenvalue weighted by Crippen LogP contribution is -2.36. The summed E-state index contributed by atoms with van der Waals surface area (Å²) in [6.07, 6.45) is 5.63. The molecule has 0 fully saturated rings. The van der Waals surface area contributed by atoms with Crippen LogP contribution < -0.4 is 14.1 Å². The van der Waals surface area contributed by atoms with Crippen LogP contribution in [0.15, 0.2) is 48.6 Å². The molecule has 1 aliphatic heterocycles. The number of carbonyl (C=O) groups is 1. The topological polar surface area (TPSA) is 74.4 Å². The summed E-state index contributed by atoms with van der Waals surface area (Å²) in [6.45, 7) is 5.47. The lowest BCUT2D eigenvalue weighted by Gasteiger charge is -2.37. The maximum atomic E-state index is 14.6. The quantitative estimate of drug-likeness (QED) is 0.163. The Morgan fingerprint density at radius 3 is 2.85 bits per heavy atom. The molecule has 0 spiro atoms. The largest absolute Gasteiger partial charge is 0.621 e. The van der Waals surface area contributed by atoms with Gasteiger partial charge in [-0.05, 0) is 30.6 Å². The van der Waals surface area contributed by atoms with Crippen LogP contribution in [-0.4, -0.2) is 30.5 Å². The molecule has 0 saturated heterocycles.